The second-order valence-corrected chi connectivity index (χ2v) is 15.8. The first-order valence-corrected chi connectivity index (χ1v) is 17.5. The molecule has 4 aliphatic rings. The molecule has 0 unspecified atom stereocenters. The fourth-order valence-electron chi connectivity index (χ4n) is 9.63. The van der Waals surface area contributed by atoms with Crippen LogP contribution in [0.25, 0.3) is 0 Å². The maximum absolute atomic E-state index is 12.0. The summed E-state index contributed by atoms with van der Waals surface area (Å²) in [5.41, 5.74) is 4.88. The maximum atomic E-state index is 12.0. The van der Waals surface area contributed by atoms with Gasteiger partial charge in [-0.1, -0.05) is 34.1 Å². The van der Waals surface area contributed by atoms with Crippen LogP contribution in [0.15, 0.2) is 0 Å². The summed E-state index contributed by atoms with van der Waals surface area (Å²) < 4.78 is 63.8. The van der Waals surface area contributed by atoms with Crippen LogP contribution in [0.3, 0.4) is 0 Å². The van der Waals surface area contributed by atoms with Gasteiger partial charge in [0.25, 0.3) is 20.5 Å². The third kappa shape index (κ3) is 8.26. The number of fused-ring (bicyclic) bond motifs is 5. The molecule has 11 nitrogen and oxygen atoms in total. The van der Waals surface area contributed by atoms with E-state index < -0.39 is 26.5 Å². The first-order valence-electron chi connectivity index (χ1n) is 14.6. The standard InChI is InChI=1S/C25H42O7S.C2H7NO3S.Na/c1-5-16-20-13-15(26)8-10-25(20,4)19-9-11-24(3)17(6-7-18(24)22(19)23(16)28)14(2)12-21(27)32-33(29,30)31;3-1-2-7(4,5)6;/h14-20,22-23,26,28H,5-13H2,1-4H3,(H,29,30,31);1-3H2,(H,4,5,6);/q;;+1/p-1/t14-,15+,16-,17-,18+,19+,20+,22+,23-,24-,25-;;/m1../s1. The molecule has 14 heteroatoms. The Labute approximate surface area is 267 Å². The molecule has 4 aliphatic carbocycles. The normalized spacial score (nSPS) is 40.9. The molecule has 5 N–H and O–H groups in total. The molecule has 11 atom stereocenters. The van der Waals surface area contributed by atoms with E-state index >= 15 is 0 Å². The van der Waals surface area contributed by atoms with Gasteiger partial charge < -0.3 is 24.7 Å². The number of nitrogens with two attached hydrogens (primary N) is 1. The zero-order chi connectivity index (χ0) is 30.3. The minimum Gasteiger partial charge on any atom is -0.716 e. The van der Waals surface area contributed by atoms with Crippen LogP contribution >= 0.6 is 0 Å². The van der Waals surface area contributed by atoms with Gasteiger partial charge in [0.05, 0.1) is 18.0 Å². The minimum absolute atomic E-state index is 0. The van der Waals surface area contributed by atoms with Crippen molar-refractivity contribution in [3.8, 4) is 0 Å². The number of hydrogen-bond donors (Lipinski definition) is 4. The van der Waals surface area contributed by atoms with Gasteiger partial charge in [-0.2, -0.15) is 8.42 Å². The fourth-order valence-corrected chi connectivity index (χ4v) is 10.2. The first kappa shape index (κ1) is 37.4. The zero-order valence-corrected chi connectivity index (χ0v) is 28.7. The Hall–Kier alpha value is 0.170. The molecule has 0 spiro atoms. The Kier molecular flexibility index (Phi) is 12.8. The number of rotatable bonds is 7. The Morgan fingerprint density at radius 2 is 1.61 bits per heavy atom. The molecule has 0 bridgehead atoms. The van der Waals surface area contributed by atoms with Gasteiger partial charge in [0, 0.05) is 13.0 Å². The second kappa shape index (κ2) is 14.1. The van der Waals surface area contributed by atoms with Gasteiger partial charge in [0.1, 0.15) is 0 Å². The van der Waals surface area contributed by atoms with E-state index in [9.17, 15) is 36.4 Å². The van der Waals surface area contributed by atoms with Crippen molar-refractivity contribution in [1.82, 2.24) is 0 Å². The van der Waals surface area contributed by atoms with Crippen LogP contribution in [-0.4, -0.2) is 66.6 Å². The van der Waals surface area contributed by atoms with E-state index in [1.54, 1.807) is 0 Å². The van der Waals surface area contributed by atoms with Gasteiger partial charge in [-0.3, -0.25) is 9.35 Å². The molecule has 0 aromatic carbocycles. The number of aliphatic hydroxyl groups is 2. The number of aliphatic hydroxyl groups excluding tert-OH is 2. The molecule has 4 fully saturated rings. The Morgan fingerprint density at radius 1 is 1.02 bits per heavy atom. The third-order valence-corrected chi connectivity index (χ3v) is 12.4. The number of carbonyl (C=O) groups excluding carboxylic acids is 1. The van der Waals surface area contributed by atoms with Crippen LogP contribution in [0.5, 0.6) is 0 Å². The van der Waals surface area contributed by atoms with E-state index in [0.717, 1.165) is 51.4 Å². The molecule has 0 radical (unpaired) electrons. The van der Waals surface area contributed by atoms with Crippen molar-refractivity contribution in [2.24, 2.45) is 58.0 Å². The molecule has 0 aromatic rings. The molecule has 0 aliphatic heterocycles. The van der Waals surface area contributed by atoms with Gasteiger partial charge in [0.15, 0.2) is 0 Å². The Balaban J connectivity index is 0.000000655. The Morgan fingerprint density at radius 3 is 2.12 bits per heavy atom. The van der Waals surface area contributed by atoms with Gasteiger partial charge in [0.2, 0.25) is 0 Å². The van der Waals surface area contributed by atoms with E-state index in [1.165, 1.54) is 0 Å². The van der Waals surface area contributed by atoms with E-state index in [2.05, 4.69) is 25.0 Å². The van der Waals surface area contributed by atoms with Gasteiger partial charge >= 0.3 is 35.5 Å². The summed E-state index contributed by atoms with van der Waals surface area (Å²) in [6, 6.07) is 0. The number of hydrogen-bond acceptors (Lipinski definition) is 10. The van der Waals surface area contributed by atoms with Crippen molar-refractivity contribution in [2.75, 3.05) is 12.3 Å². The molecule has 4 saturated carbocycles. The van der Waals surface area contributed by atoms with Crippen molar-refractivity contribution in [1.29, 1.82) is 0 Å². The Bertz CT molecular complexity index is 1120. The van der Waals surface area contributed by atoms with E-state index in [0.29, 0.717) is 17.8 Å². The second-order valence-electron chi connectivity index (χ2n) is 13.2. The largest absolute Gasteiger partial charge is 1.00 e. The van der Waals surface area contributed by atoms with Crippen LogP contribution < -0.4 is 35.3 Å². The molecule has 41 heavy (non-hydrogen) atoms. The molecule has 4 rings (SSSR count). The van der Waals surface area contributed by atoms with Gasteiger partial charge in [-0.25, -0.2) is 8.42 Å². The summed E-state index contributed by atoms with van der Waals surface area (Å²) >= 11 is 0. The molecule has 0 heterocycles. The predicted octanol–water partition coefficient (Wildman–Crippen LogP) is -0.520. The van der Waals surface area contributed by atoms with Crippen LogP contribution in [0.1, 0.15) is 85.5 Å². The first-order chi connectivity index (χ1) is 18.4. The average molecular weight is 634 g/mol. The monoisotopic (exact) mass is 633 g/mol. The summed E-state index contributed by atoms with van der Waals surface area (Å²) in [5, 5.41) is 22.1. The third-order valence-electron chi connectivity index (χ3n) is 11.2. The van der Waals surface area contributed by atoms with Crippen LogP contribution in [-0.2, 0) is 29.5 Å². The fraction of sp³-hybridized carbons (Fsp3) is 0.963. The smallest absolute Gasteiger partial charge is 0.716 e. The SMILES string of the molecule is CC[C@H]1[C@@H](O)[C@@H]2[C@H](CC[C@]3(C)[C@@H]([C@H](C)CC(=O)OS(=O)(=O)[O-])CC[C@@H]23)[C@@]2(C)CC[C@H](O)C[C@@H]12.NCCS(=O)(=O)O.[Na+]. The van der Waals surface area contributed by atoms with E-state index in [1.807, 2.05) is 6.92 Å². The van der Waals surface area contributed by atoms with Crippen molar-refractivity contribution >= 4 is 26.5 Å². The van der Waals surface area contributed by atoms with Crippen LogP contribution in [0.2, 0.25) is 0 Å². The van der Waals surface area contributed by atoms with Crippen molar-refractivity contribution < 1.29 is 74.7 Å². The zero-order valence-electron chi connectivity index (χ0n) is 25.1. The molecule has 0 amide bonds. The number of carbonyl (C=O) groups is 1. The summed E-state index contributed by atoms with van der Waals surface area (Å²) in [6.07, 6.45) is 6.84. The van der Waals surface area contributed by atoms with Gasteiger partial charge in [-0.05, 0) is 97.2 Å². The maximum Gasteiger partial charge on any atom is 1.00 e. The van der Waals surface area contributed by atoms with Crippen molar-refractivity contribution in [3.05, 3.63) is 0 Å². The summed E-state index contributed by atoms with van der Waals surface area (Å²) in [7, 11) is -8.84. The molecule has 234 valence electrons. The molecule has 0 aromatic heterocycles. The molecule has 0 saturated heterocycles. The summed E-state index contributed by atoms with van der Waals surface area (Å²) in [6.45, 7) is 8.79. The summed E-state index contributed by atoms with van der Waals surface area (Å²) in [5.74, 6) is 0.362. The molecular weight excluding hydrogens is 585 g/mol. The van der Waals surface area contributed by atoms with Crippen LogP contribution in [0, 0.1) is 52.3 Å². The topological polar surface area (TPSA) is 204 Å². The quantitative estimate of drug-likeness (QED) is 0.159. The summed E-state index contributed by atoms with van der Waals surface area (Å²) in [4.78, 5) is 12.0. The van der Waals surface area contributed by atoms with Crippen molar-refractivity contribution in [2.45, 2.75) is 97.7 Å². The molecular formula is C27H48NNaO10S2. The van der Waals surface area contributed by atoms with E-state index in [4.69, 9.17) is 10.3 Å². The predicted molar refractivity (Wildman–Crippen MR) is 147 cm³/mol. The average Bonchev–Trinajstić information content (AvgIpc) is 3.16. The van der Waals surface area contributed by atoms with E-state index in [-0.39, 0.29) is 95.0 Å². The van der Waals surface area contributed by atoms with Crippen LogP contribution in [0.4, 0.5) is 0 Å². The minimum atomic E-state index is -5.04. The van der Waals surface area contributed by atoms with Crippen molar-refractivity contribution in [3.63, 3.8) is 0 Å². The van der Waals surface area contributed by atoms with Gasteiger partial charge in [-0.15, -0.1) is 0 Å².